The van der Waals surface area contributed by atoms with E-state index in [4.69, 9.17) is 27.1 Å². The zero-order valence-corrected chi connectivity index (χ0v) is 25.7. The number of nitrogens with two attached hydrogens (primary N) is 1. The van der Waals surface area contributed by atoms with Crippen molar-refractivity contribution >= 4 is 54.9 Å². The zero-order valence-electron chi connectivity index (χ0n) is 24.1. The number of aromatic nitrogens is 3. The first-order valence-corrected chi connectivity index (χ1v) is 15.2. The topological polar surface area (TPSA) is 121 Å². The Hall–Kier alpha value is -3.10. The highest BCUT2D eigenvalue weighted by Gasteiger charge is 2.32. The summed E-state index contributed by atoms with van der Waals surface area (Å²) in [6.45, 7) is 12.6. The molecule has 0 saturated carbocycles. The van der Waals surface area contributed by atoms with Crippen LogP contribution in [0.1, 0.15) is 64.2 Å². The van der Waals surface area contributed by atoms with Gasteiger partial charge in [0.25, 0.3) is 0 Å². The van der Waals surface area contributed by atoms with Crippen LogP contribution in [0.15, 0.2) is 12.4 Å². The minimum absolute atomic E-state index is 0.109. The molecule has 3 N–H and O–H groups in total. The van der Waals surface area contributed by atoms with Gasteiger partial charge in [0.15, 0.2) is 5.82 Å². The van der Waals surface area contributed by atoms with Gasteiger partial charge in [0.05, 0.1) is 45.9 Å². The summed E-state index contributed by atoms with van der Waals surface area (Å²) in [5.74, 6) is 0.447. The Balaban J connectivity index is 0.000000596. The van der Waals surface area contributed by atoms with E-state index in [0.717, 1.165) is 40.6 Å². The number of anilines is 2. The average molecular weight is 599 g/mol. The third kappa shape index (κ3) is 5.56. The first-order chi connectivity index (χ1) is 19.8. The molecule has 0 amide bonds. The Kier molecular flexibility index (Phi) is 9.97. The van der Waals surface area contributed by atoms with Gasteiger partial charge >= 0.3 is 0 Å². The van der Waals surface area contributed by atoms with E-state index in [2.05, 4.69) is 36.8 Å². The maximum absolute atomic E-state index is 14.6. The Morgan fingerprint density at radius 2 is 1.90 bits per heavy atom. The van der Waals surface area contributed by atoms with Crippen LogP contribution in [-0.4, -0.2) is 39.8 Å². The molecule has 3 aromatic heterocycles. The highest BCUT2D eigenvalue weighted by molar-refractivity contribution is 7.23. The number of thiophene rings is 1. The first-order valence-electron chi connectivity index (χ1n) is 14.0. The van der Waals surface area contributed by atoms with Gasteiger partial charge in [-0.1, -0.05) is 59.1 Å². The predicted octanol–water partition coefficient (Wildman–Crippen LogP) is 7.08. The second-order valence-electron chi connectivity index (χ2n) is 10.0. The maximum atomic E-state index is 14.6. The summed E-state index contributed by atoms with van der Waals surface area (Å²) >= 11 is 8.03. The summed E-state index contributed by atoms with van der Waals surface area (Å²) in [6, 6.07) is 2.09. The number of fused-ring (bicyclic) bond motifs is 4. The Morgan fingerprint density at radius 1 is 1.20 bits per heavy atom. The number of hydrogen-bond donors (Lipinski definition) is 2. The highest BCUT2D eigenvalue weighted by atomic mass is 35.5. The lowest BCUT2D eigenvalue weighted by Crippen LogP contribution is -2.23. The lowest BCUT2D eigenvalue weighted by atomic mass is 9.94. The van der Waals surface area contributed by atoms with E-state index < -0.39 is 5.82 Å². The molecule has 0 spiro atoms. The number of aliphatic hydroxyl groups is 1. The van der Waals surface area contributed by atoms with Gasteiger partial charge in [0.2, 0.25) is 5.95 Å². The monoisotopic (exact) mass is 598 g/mol. The number of hydrogen-bond acceptors (Lipinski definition) is 9. The molecule has 2 unspecified atom stereocenters. The van der Waals surface area contributed by atoms with Gasteiger partial charge in [0.1, 0.15) is 11.1 Å². The van der Waals surface area contributed by atoms with Crippen molar-refractivity contribution < 1.29 is 14.2 Å². The number of nitrogen functional groups attached to an aromatic ring is 1. The van der Waals surface area contributed by atoms with Crippen molar-refractivity contribution in [2.45, 2.75) is 60.7 Å². The molecule has 4 aromatic rings. The molecule has 218 valence electrons. The number of nitrogens with zero attached hydrogens (tertiary/aromatic N) is 5. The van der Waals surface area contributed by atoms with Crippen molar-refractivity contribution in [2.75, 3.05) is 30.3 Å². The number of unbranched alkanes of at least 4 members (excludes halogenated alkanes) is 1. The third-order valence-corrected chi connectivity index (χ3v) is 8.91. The molecule has 0 aliphatic carbocycles. The van der Waals surface area contributed by atoms with Crippen LogP contribution in [0.5, 0.6) is 0 Å². The number of aliphatic hydroxyl groups excluding tert-OH is 1. The summed E-state index contributed by atoms with van der Waals surface area (Å²) in [6.07, 6.45) is 5.53. The highest BCUT2D eigenvalue weighted by Crippen LogP contribution is 2.47. The van der Waals surface area contributed by atoms with E-state index in [-0.39, 0.29) is 27.8 Å². The number of ether oxygens (including phenoxy) is 1. The Labute approximate surface area is 248 Å². The molecule has 0 radical (unpaired) electrons. The largest absolute Gasteiger partial charge is 0.396 e. The van der Waals surface area contributed by atoms with Gasteiger partial charge in [-0.15, -0.1) is 11.3 Å². The van der Waals surface area contributed by atoms with Crippen molar-refractivity contribution in [3.8, 4) is 17.3 Å². The molecule has 41 heavy (non-hydrogen) atoms. The maximum Gasteiger partial charge on any atom is 0.225 e. The van der Waals surface area contributed by atoms with Crippen molar-refractivity contribution in [3.63, 3.8) is 0 Å². The van der Waals surface area contributed by atoms with Crippen LogP contribution in [0, 0.1) is 29.0 Å². The summed E-state index contributed by atoms with van der Waals surface area (Å²) in [5, 5.41) is 21.1. The molecule has 1 fully saturated rings. The van der Waals surface area contributed by atoms with Crippen LogP contribution in [0.4, 0.5) is 15.3 Å². The van der Waals surface area contributed by atoms with E-state index in [1.165, 1.54) is 12.8 Å². The van der Waals surface area contributed by atoms with Gasteiger partial charge in [-0.25, -0.2) is 14.4 Å². The quantitative estimate of drug-likeness (QED) is 0.255. The summed E-state index contributed by atoms with van der Waals surface area (Å²) in [4.78, 5) is 15.9. The fourth-order valence-electron chi connectivity index (χ4n) is 5.13. The normalized spacial score (nSPS) is 17.6. The lowest BCUT2D eigenvalue weighted by molar-refractivity contribution is 0.135. The molecule has 8 nitrogen and oxygen atoms in total. The summed E-state index contributed by atoms with van der Waals surface area (Å²) in [5.41, 5.74) is 9.44. The van der Waals surface area contributed by atoms with Crippen LogP contribution >= 0.6 is 22.9 Å². The molecule has 0 bridgehead atoms. The number of rotatable bonds is 4. The SMILES string of the molecule is CC.CC1CN(c2ncc3c4c(c(-c5ncc(F)c6sc(N)c(C#N)c56)c(Cl)c3n2)COC4)CC1CO.CCCC. The number of pyridine rings is 1. The first kappa shape index (κ1) is 30.8. The van der Waals surface area contributed by atoms with Gasteiger partial charge in [-0.2, -0.15) is 5.26 Å². The van der Waals surface area contributed by atoms with Gasteiger partial charge in [-0.05, 0) is 17.0 Å². The fourth-order valence-corrected chi connectivity index (χ4v) is 6.39. The van der Waals surface area contributed by atoms with E-state index in [9.17, 15) is 14.8 Å². The van der Waals surface area contributed by atoms with E-state index in [0.29, 0.717) is 58.8 Å². The second kappa shape index (κ2) is 13.3. The van der Waals surface area contributed by atoms with Crippen molar-refractivity contribution in [2.24, 2.45) is 11.8 Å². The minimum atomic E-state index is -0.544. The standard InChI is InChI=1S/C24H20ClFN6O2S.C4H10.C2H6/c1-10-5-32(6-11(10)7-33)24-30-3-13-14-8-34-9-15(14)17(19(25)20(13)31-24)21-18-12(2-27)23(28)35-22(18)16(26)4-29-21;1-3-4-2;1-2/h3-4,10-11,33H,5-9,28H2,1H3;3-4H2,1-2H3;1-2H3. The predicted molar refractivity (Wildman–Crippen MR) is 165 cm³/mol. The zero-order chi connectivity index (χ0) is 29.8. The molecule has 2 atom stereocenters. The smallest absolute Gasteiger partial charge is 0.225 e. The number of halogens is 2. The molecule has 11 heteroatoms. The molecular formula is C30H36ClFN6O2S. The van der Waals surface area contributed by atoms with Crippen molar-refractivity contribution in [1.82, 2.24) is 15.0 Å². The summed E-state index contributed by atoms with van der Waals surface area (Å²) in [7, 11) is 0. The van der Waals surface area contributed by atoms with Gasteiger partial charge < -0.3 is 20.5 Å². The Bertz CT molecular complexity index is 1600. The van der Waals surface area contributed by atoms with Crippen molar-refractivity contribution in [1.29, 1.82) is 5.26 Å². The Morgan fingerprint density at radius 3 is 2.54 bits per heavy atom. The molecule has 2 aliphatic heterocycles. The van der Waals surface area contributed by atoms with E-state index in [1.807, 2.05) is 18.7 Å². The van der Waals surface area contributed by atoms with Crippen LogP contribution < -0.4 is 10.6 Å². The number of benzene rings is 1. The minimum Gasteiger partial charge on any atom is -0.396 e. The molecule has 5 heterocycles. The van der Waals surface area contributed by atoms with Crippen LogP contribution in [-0.2, 0) is 18.0 Å². The summed E-state index contributed by atoms with van der Waals surface area (Å²) < 4.78 is 20.7. The fraction of sp³-hybridized carbons (Fsp3) is 0.467. The van der Waals surface area contributed by atoms with Crippen LogP contribution in [0.25, 0.3) is 32.2 Å². The number of nitriles is 1. The van der Waals surface area contributed by atoms with Gasteiger partial charge in [-0.3, -0.25) is 4.98 Å². The van der Waals surface area contributed by atoms with E-state index >= 15 is 0 Å². The average Bonchev–Trinajstić information content (AvgIpc) is 3.72. The van der Waals surface area contributed by atoms with E-state index in [1.54, 1.807) is 6.20 Å². The molecule has 2 aliphatic rings. The molecule has 1 aromatic carbocycles. The lowest BCUT2D eigenvalue weighted by Gasteiger charge is -2.19. The molecule has 1 saturated heterocycles. The molecular weight excluding hydrogens is 563 g/mol. The van der Waals surface area contributed by atoms with Crippen LogP contribution in [0.2, 0.25) is 5.02 Å². The second-order valence-corrected chi connectivity index (χ2v) is 11.4. The third-order valence-electron chi connectivity index (χ3n) is 7.52. The van der Waals surface area contributed by atoms with Gasteiger partial charge in [0, 0.05) is 48.1 Å². The van der Waals surface area contributed by atoms with Crippen molar-refractivity contribution in [3.05, 3.63) is 39.9 Å². The molecule has 6 rings (SSSR count). The van der Waals surface area contributed by atoms with Crippen LogP contribution in [0.3, 0.4) is 0 Å².